The lowest BCUT2D eigenvalue weighted by atomic mass is 10.1. The van der Waals surface area contributed by atoms with Gasteiger partial charge >= 0.3 is 0 Å². The van der Waals surface area contributed by atoms with Crippen molar-refractivity contribution < 1.29 is 4.74 Å². The monoisotopic (exact) mass is 307 g/mol. The Balaban J connectivity index is 2.07. The standard InChI is InChI=1S/C16H22ClN3O/c1-16(2,3)18-8-12-9-19-20(10-12)11-13-7-14(17)5-6-15(13)21-4/h5-7,9-10,18H,8,11H2,1-4H3. The molecule has 1 aromatic carbocycles. The van der Waals surface area contributed by atoms with Crippen molar-refractivity contribution in [2.24, 2.45) is 0 Å². The molecule has 5 heteroatoms. The van der Waals surface area contributed by atoms with Crippen molar-refractivity contribution in [1.29, 1.82) is 0 Å². The second kappa shape index (κ2) is 6.50. The Morgan fingerprint density at radius 2 is 2.10 bits per heavy atom. The van der Waals surface area contributed by atoms with Gasteiger partial charge in [0.15, 0.2) is 0 Å². The predicted octanol–water partition coefficient (Wildman–Crippen LogP) is 3.48. The van der Waals surface area contributed by atoms with Crippen LogP contribution in [0.1, 0.15) is 31.9 Å². The Morgan fingerprint density at radius 1 is 1.33 bits per heavy atom. The van der Waals surface area contributed by atoms with Gasteiger partial charge in [-0.3, -0.25) is 4.68 Å². The number of halogens is 1. The molecule has 0 saturated heterocycles. The predicted molar refractivity (Wildman–Crippen MR) is 85.9 cm³/mol. The van der Waals surface area contributed by atoms with Crippen LogP contribution in [0.25, 0.3) is 0 Å². The first-order chi connectivity index (χ1) is 9.87. The Kier molecular flexibility index (Phi) is 4.91. The largest absolute Gasteiger partial charge is 0.496 e. The summed E-state index contributed by atoms with van der Waals surface area (Å²) in [5.41, 5.74) is 2.27. The van der Waals surface area contributed by atoms with Crippen LogP contribution in [0.2, 0.25) is 5.02 Å². The fourth-order valence-electron chi connectivity index (χ4n) is 2.00. The third-order valence-corrected chi connectivity index (χ3v) is 3.32. The molecule has 0 bridgehead atoms. The maximum Gasteiger partial charge on any atom is 0.124 e. The number of nitrogens with zero attached hydrogens (tertiary/aromatic N) is 2. The van der Waals surface area contributed by atoms with Crippen LogP contribution in [-0.2, 0) is 13.1 Å². The third-order valence-electron chi connectivity index (χ3n) is 3.08. The number of hydrogen-bond donors (Lipinski definition) is 1. The Hall–Kier alpha value is -1.52. The van der Waals surface area contributed by atoms with Crippen LogP contribution in [0.15, 0.2) is 30.6 Å². The van der Waals surface area contributed by atoms with E-state index in [-0.39, 0.29) is 5.54 Å². The normalized spacial score (nSPS) is 11.7. The van der Waals surface area contributed by atoms with Gasteiger partial charge in [0.2, 0.25) is 0 Å². The van der Waals surface area contributed by atoms with E-state index in [9.17, 15) is 0 Å². The number of benzene rings is 1. The molecule has 1 heterocycles. The molecule has 4 nitrogen and oxygen atoms in total. The highest BCUT2D eigenvalue weighted by molar-refractivity contribution is 6.30. The van der Waals surface area contributed by atoms with E-state index >= 15 is 0 Å². The van der Waals surface area contributed by atoms with Crippen molar-refractivity contribution >= 4 is 11.6 Å². The van der Waals surface area contributed by atoms with Crippen LogP contribution >= 0.6 is 11.6 Å². The van der Waals surface area contributed by atoms with E-state index in [0.29, 0.717) is 11.6 Å². The molecule has 0 fully saturated rings. The summed E-state index contributed by atoms with van der Waals surface area (Å²) in [6.07, 6.45) is 3.93. The Bertz CT molecular complexity index is 602. The first-order valence-corrected chi connectivity index (χ1v) is 7.34. The molecule has 0 atom stereocenters. The molecule has 114 valence electrons. The number of rotatable bonds is 5. The van der Waals surface area contributed by atoms with E-state index in [2.05, 4.69) is 31.2 Å². The highest BCUT2D eigenvalue weighted by Gasteiger charge is 2.10. The van der Waals surface area contributed by atoms with Crippen LogP contribution < -0.4 is 10.1 Å². The van der Waals surface area contributed by atoms with Gasteiger partial charge < -0.3 is 10.1 Å². The average Bonchev–Trinajstić information content (AvgIpc) is 2.84. The molecule has 1 N–H and O–H groups in total. The molecule has 0 aliphatic heterocycles. The number of methoxy groups -OCH3 is 1. The van der Waals surface area contributed by atoms with Crippen LogP contribution in [0.5, 0.6) is 5.75 Å². The van der Waals surface area contributed by atoms with Crippen LogP contribution in [0.3, 0.4) is 0 Å². The minimum Gasteiger partial charge on any atom is -0.496 e. The molecule has 1 aromatic heterocycles. The third kappa shape index (κ3) is 4.76. The summed E-state index contributed by atoms with van der Waals surface area (Å²) >= 11 is 6.05. The quantitative estimate of drug-likeness (QED) is 0.919. The molecule has 0 amide bonds. The Labute approximate surface area is 131 Å². The van der Waals surface area contributed by atoms with Crippen LogP contribution in [-0.4, -0.2) is 22.4 Å². The number of ether oxygens (including phenoxy) is 1. The molecule has 0 radical (unpaired) electrons. The van der Waals surface area contributed by atoms with Crippen molar-refractivity contribution in [3.63, 3.8) is 0 Å². The van der Waals surface area contributed by atoms with Gasteiger partial charge in [0.25, 0.3) is 0 Å². The average molecular weight is 308 g/mol. The molecule has 0 aliphatic carbocycles. The summed E-state index contributed by atoms with van der Waals surface area (Å²) in [6.45, 7) is 7.88. The minimum atomic E-state index is 0.0955. The van der Waals surface area contributed by atoms with Gasteiger partial charge in [-0.2, -0.15) is 5.10 Å². The fraction of sp³-hybridized carbons (Fsp3) is 0.438. The molecule has 0 saturated carbocycles. The van der Waals surface area contributed by atoms with Gasteiger partial charge in [-0.05, 0) is 39.0 Å². The van der Waals surface area contributed by atoms with Gasteiger partial charge in [-0.25, -0.2) is 0 Å². The zero-order chi connectivity index (χ0) is 15.5. The zero-order valence-electron chi connectivity index (χ0n) is 13.0. The maximum atomic E-state index is 6.05. The van der Waals surface area contributed by atoms with Crippen LogP contribution in [0, 0.1) is 0 Å². The summed E-state index contributed by atoms with van der Waals surface area (Å²) in [5, 5.41) is 8.54. The lowest BCUT2D eigenvalue weighted by molar-refractivity contribution is 0.407. The fourth-order valence-corrected chi connectivity index (χ4v) is 2.19. The Morgan fingerprint density at radius 3 is 2.76 bits per heavy atom. The van der Waals surface area contributed by atoms with E-state index in [4.69, 9.17) is 16.3 Å². The van der Waals surface area contributed by atoms with E-state index in [1.165, 1.54) is 0 Å². The lowest BCUT2D eigenvalue weighted by Crippen LogP contribution is -2.34. The highest BCUT2D eigenvalue weighted by atomic mass is 35.5. The van der Waals surface area contributed by atoms with Crippen molar-refractivity contribution in [2.75, 3.05) is 7.11 Å². The summed E-state index contributed by atoms with van der Waals surface area (Å²) < 4.78 is 7.26. The summed E-state index contributed by atoms with van der Waals surface area (Å²) in [7, 11) is 1.66. The molecular weight excluding hydrogens is 286 g/mol. The highest BCUT2D eigenvalue weighted by Crippen LogP contribution is 2.23. The van der Waals surface area contributed by atoms with Crippen molar-refractivity contribution in [3.8, 4) is 5.75 Å². The first-order valence-electron chi connectivity index (χ1n) is 6.96. The van der Waals surface area contributed by atoms with Crippen molar-refractivity contribution in [3.05, 3.63) is 46.7 Å². The summed E-state index contributed by atoms with van der Waals surface area (Å²) in [6, 6.07) is 5.62. The molecule has 0 unspecified atom stereocenters. The molecule has 2 aromatic rings. The van der Waals surface area contributed by atoms with Crippen LogP contribution in [0.4, 0.5) is 0 Å². The van der Waals surface area contributed by atoms with E-state index in [1.54, 1.807) is 7.11 Å². The van der Waals surface area contributed by atoms with Crippen molar-refractivity contribution in [1.82, 2.24) is 15.1 Å². The topological polar surface area (TPSA) is 39.1 Å². The maximum absolute atomic E-state index is 6.05. The van der Waals surface area contributed by atoms with E-state index in [1.807, 2.05) is 35.3 Å². The van der Waals surface area contributed by atoms with Gasteiger partial charge in [0, 0.05) is 34.4 Å². The minimum absolute atomic E-state index is 0.0955. The number of hydrogen-bond acceptors (Lipinski definition) is 3. The number of nitrogens with one attached hydrogen (secondary N) is 1. The summed E-state index contributed by atoms with van der Waals surface area (Å²) in [4.78, 5) is 0. The van der Waals surface area contributed by atoms with Gasteiger partial charge in [-0.15, -0.1) is 0 Å². The van der Waals surface area contributed by atoms with E-state index < -0.39 is 0 Å². The van der Waals surface area contributed by atoms with Gasteiger partial charge in [-0.1, -0.05) is 11.6 Å². The lowest BCUT2D eigenvalue weighted by Gasteiger charge is -2.19. The zero-order valence-corrected chi connectivity index (χ0v) is 13.7. The van der Waals surface area contributed by atoms with E-state index in [0.717, 1.165) is 23.4 Å². The number of aromatic nitrogens is 2. The molecule has 0 spiro atoms. The first kappa shape index (κ1) is 15.9. The SMILES string of the molecule is COc1ccc(Cl)cc1Cn1cc(CNC(C)(C)C)cn1. The molecule has 2 rings (SSSR count). The molecule has 21 heavy (non-hydrogen) atoms. The molecule has 0 aliphatic rings. The molecular formula is C16H22ClN3O. The van der Waals surface area contributed by atoms with Crippen molar-refractivity contribution in [2.45, 2.75) is 39.4 Å². The smallest absolute Gasteiger partial charge is 0.124 e. The second-order valence-corrected chi connectivity index (χ2v) is 6.54. The summed E-state index contributed by atoms with van der Waals surface area (Å²) in [5.74, 6) is 0.823. The van der Waals surface area contributed by atoms with Gasteiger partial charge in [0.05, 0.1) is 19.9 Å². The second-order valence-electron chi connectivity index (χ2n) is 6.11. The van der Waals surface area contributed by atoms with Gasteiger partial charge in [0.1, 0.15) is 5.75 Å².